The molecule has 0 rings (SSSR count). The van der Waals surface area contributed by atoms with Crippen molar-refractivity contribution in [3.63, 3.8) is 0 Å². The van der Waals surface area contributed by atoms with E-state index in [1.54, 1.807) is 0 Å². The molecule has 0 aromatic heterocycles. The van der Waals surface area contributed by atoms with Crippen LogP contribution < -0.4 is 10.9 Å². The van der Waals surface area contributed by atoms with Gasteiger partial charge in [0, 0.05) is 12.0 Å². The van der Waals surface area contributed by atoms with Gasteiger partial charge in [-0.2, -0.15) is 0 Å². The summed E-state index contributed by atoms with van der Waals surface area (Å²) < 4.78 is 12.0. The van der Waals surface area contributed by atoms with E-state index in [1.165, 1.54) is 5.54 Å². The molecule has 0 spiro atoms. The molecular formula is C11H21FN2O3. The van der Waals surface area contributed by atoms with E-state index in [1.807, 2.05) is 20.8 Å². The number of halogens is 1. The summed E-state index contributed by atoms with van der Waals surface area (Å²) in [5, 5.41) is 11.3. The molecule has 1 atom stereocenters. The van der Waals surface area contributed by atoms with Gasteiger partial charge in [-0.15, -0.1) is 10.0 Å². The van der Waals surface area contributed by atoms with Gasteiger partial charge in [0.15, 0.2) is 0 Å². The van der Waals surface area contributed by atoms with Crippen LogP contribution in [0.15, 0.2) is 0 Å². The summed E-state index contributed by atoms with van der Waals surface area (Å²) in [6.07, 6.45) is 1.38. The van der Waals surface area contributed by atoms with Crippen LogP contribution in [0, 0.1) is 5.41 Å². The number of hydrogen-bond acceptors (Lipinski definition) is 3. The maximum absolute atomic E-state index is 12.0. The Morgan fingerprint density at radius 1 is 1.29 bits per heavy atom. The minimum Gasteiger partial charge on any atom is -0.480 e. The molecule has 3 N–H and O–H groups in total. The second kappa shape index (κ2) is 7.21. The average molecular weight is 248 g/mol. The van der Waals surface area contributed by atoms with Crippen molar-refractivity contribution in [3.05, 3.63) is 0 Å². The van der Waals surface area contributed by atoms with Gasteiger partial charge in [0.25, 0.3) is 0 Å². The summed E-state index contributed by atoms with van der Waals surface area (Å²) >= 11 is 0. The first kappa shape index (κ1) is 15.8. The van der Waals surface area contributed by atoms with E-state index in [4.69, 9.17) is 5.11 Å². The lowest BCUT2D eigenvalue weighted by atomic mass is 9.95. The van der Waals surface area contributed by atoms with Crippen LogP contribution in [0.4, 0.5) is 4.48 Å². The largest absolute Gasteiger partial charge is 0.480 e. The number of carboxylic acid groups (broad SMARTS) is 1. The molecule has 0 saturated heterocycles. The fraction of sp³-hybridized carbons (Fsp3) is 0.818. The smallest absolute Gasteiger partial charge is 0.323 e. The Kier molecular flexibility index (Phi) is 6.72. The van der Waals surface area contributed by atoms with Crippen molar-refractivity contribution in [2.24, 2.45) is 5.41 Å². The minimum atomic E-state index is -1.20. The maximum atomic E-state index is 12.0. The highest BCUT2D eigenvalue weighted by Crippen LogP contribution is 2.12. The Bertz CT molecular complexity index is 264. The highest BCUT2D eigenvalue weighted by atomic mass is 19.2. The Balaban J connectivity index is 3.66. The Morgan fingerprint density at radius 2 is 1.88 bits per heavy atom. The monoisotopic (exact) mass is 248 g/mol. The Labute approximate surface area is 101 Å². The van der Waals surface area contributed by atoms with Crippen LogP contribution in [0.1, 0.15) is 40.0 Å². The molecule has 17 heavy (non-hydrogen) atoms. The Morgan fingerprint density at radius 3 is 2.29 bits per heavy atom. The first-order valence-corrected chi connectivity index (χ1v) is 5.66. The number of carbonyl (C=O) groups is 2. The quantitative estimate of drug-likeness (QED) is 0.468. The van der Waals surface area contributed by atoms with Gasteiger partial charge in [-0.25, -0.2) is 0 Å². The van der Waals surface area contributed by atoms with E-state index in [0.29, 0.717) is 19.4 Å². The van der Waals surface area contributed by atoms with Crippen molar-refractivity contribution in [1.82, 2.24) is 10.9 Å². The van der Waals surface area contributed by atoms with Crippen molar-refractivity contribution in [2.75, 3.05) is 6.54 Å². The molecule has 0 aliphatic rings. The van der Waals surface area contributed by atoms with Crippen molar-refractivity contribution in [1.29, 1.82) is 0 Å². The number of hydrogen-bond donors (Lipinski definition) is 3. The van der Waals surface area contributed by atoms with Crippen LogP contribution in [0.3, 0.4) is 0 Å². The number of rotatable bonds is 7. The van der Waals surface area contributed by atoms with E-state index >= 15 is 0 Å². The summed E-state index contributed by atoms with van der Waals surface area (Å²) in [6, 6.07) is -1.16. The number of unbranched alkanes of at least 4 members (excludes halogenated alkanes) is 1. The van der Waals surface area contributed by atoms with E-state index in [9.17, 15) is 14.1 Å². The minimum absolute atomic E-state index is 0.0455. The van der Waals surface area contributed by atoms with Crippen molar-refractivity contribution in [2.45, 2.75) is 46.1 Å². The third-order valence-corrected chi connectivity index (χ3v) is 2.32. The summed E-state index contributed by atoms with van der Waals surface area (Å²) in [4.78, 5) is 21.9. The molecule has 1 amide bonds. The van der Waals surface area contributed by atoms with Crippen LogP contribution in [0.25, 0.3) is 0 Å². The van der Waals surface area contributed by atoms with Crippen LogP contribution in [0.5, 0.6) is 0 Å². The van der Waals surface area contributed by atoms with Gasteiger partial charge in [0.05, 0.1) is 0 Å². The topological polar surface area (TPSA) is 78.4 Å². The van der Waals surface area contributed by atoms with E-state index < -0.39 is 17.4 Å². The first-order chi connectivity index (χ1) is 7.79. The van der Waals surface area contributed by atoms with Gasteiger partial charge in [0.2, 0.25) is 5.91 Å². The molecule has 0 aliphatic heterocycles. The maximum Gasteiger partial charge on any atom is 0.323 e. The summed E-state index contributed by atoms with van der Waals surface area (Å²) in [5.41, 5.74) is 0.812. The molecule has 0 heterocycles. The predicted molar refractivity (Wildman–Crippen MR) is 62.0 cm³/mol. The molecule has 0 aromatic carbocycles. The van der Waals surface area contributed by atoms with Gasteiger partial charge < -0.3 is 10.4 Å². The molecule has 0 saturated carbocycles. The highest BCUT2D eigenvalue weighted by Gasteiger charge is 2.20. The summed E-state index contributed by atoms with van der Waals surface area (Å²) in [6.45, 7) is 5.93. The fourth-order valence-corrected chi connectivity index (χ4v) is 1.17. The third kappa shape index (κ3) is 6.88. The average Bonchev–Trinajstić information content (AvgIpc) is 2.20. The number of carboxylic acids is 1. The fourth-order valence-electron chi connectivity index (χ4n) is 1.17. The van der Waals surface area contributed by atoms with Gasteiger partial charge >= 0.3 is 5.97 Å². The molecule has 5 nitrogen and oxygen atoms in total. The highest BCUT2D eigenvalue weighted by molar-refractivity contribution is 5.81. The zero-order valence-corrected chi connectivity index (χ0v) is 10.5. The van der Waals surface area contributed by atoms with Crippen LogP contribution in [0.2, 0.25) is 0 Å². The molecular weight excluding hydrogens is 227 g/mol. The van der Waals surface area contributed by atoms with Crippen LogP contribution >= 0.6 is 0 Å². The van der Waals surface area contributed by atoms with E-state index in [0.717, 1.165) is 0 Å². The summed E-state index contributed by atoms with van der Waals surface area (Å²) in [7, 11) is 0. The first-order valence-electron chi connectivity index (χ1n) is 5.66. The number of nitrogens with one attached hydrogen (secondary N) is 2. The second-order valence-electron chi connectivity index (χ2n) is 5.00. The van der Waals surface area contributed by atoms with E-state index in [-0.39, 0.29) is 12.3 Å². The number of amides is 1. The number of carbonyl (C=O) groups excluding carboxylic acids is 1. The lowest BCUT2D eigenvalue weighted by Crippen LogP contribution is -2.35. The van der Waals surface area contributed by atoms with Gasteiger partial charge in [-0.3, -0.25) is 9.59 Å². The third-order valence-electron chi connectivity index (χ3n) is 2.32. The summed E-state index contributed by atoms with van der Waals surface area (Å²) in [5.74, 6) is -1.25. The molecule has 6 heteroatoms. The van der Waals surface area contributed by atoms with Gasteiger partial charge in [0.1, 0.15) is 6.04 Å². The SMILES string of the molecule is CC(C)(C)C(=O)NCCCCC(NF)C(=O)O. The lowest BCUT2D eigenvalue weighted by molar-refractivity contribution is -0.141. The second-order valence-corrected chi connectivity index (χ2v) is 5.00. The van der Waals surface area contributed by atoms with Crippen molar-refractivity contribution in [3.8, 4) is 0 Å². The van der Waals surface area contributed by atoms with Crippen LogP contribution in [-0.2, 0) is 9.59 Å². The molecule has 0 aliphatic carbocycles. The zero-order chi connectivity index (χ0) is 13.5. The normalized spacial score (nSPS) is 13.2. The lowest BCUT2D eigenvalue weighted by Gasteiger charge is -2.17. The van der Waals surface area contributed by atoms with E-state index in [2.05, 4.69) is 5.32 Å². The Hall–Kier alpha value is -1.17. The zero-order valence-electron chi connectivity index (χ0n) is 10.5. The molecule has 0 bridgehead atoms. The molecule has 0 radical (unpaired) electrons. The van der Waals surface area contributed by atoms with Gasteiger partial charge in [-0.1, -0.05) is 20.8 Å². The predicted octanol–water partition coefficient (Wildman–Crippen LogP) is 1.25. The van der Waals surface area contributed by atoms with Gasteiger partial charge in [-0.05, 0) is 19.3 Å². The molecule has 0 fully saturated rings. The van der Waals surface area contributed by atoms with Crippen molar-refractivity contribution >= 4 is 11.9 Å². The standard InChI is InChI=1S/C11H21FN2O3/c1-11(2,3)10(17)13-7-5-4-6-8(14-12)9(15)16/h8,14H,4-7H2,1-3H3,(H,13,17)(H,15,16). The molecule has 0 aromatic rings. The number of aliphatic carboxylic acids is 1. The van der Waals surface area contributed by atoms with Crippen molar-refractivity contribution < 1.29 is 19.2 Å². The molecule has 100 valence electrons. The molecule has 1 unspecified atom stereocenters. The van der Waals surface area contributed by atoms with Crippen LogP contribution in [-0.4, -0.2) is 29.6 Å².